The van der Waals surface area contributed by atoms with Crippen molar-refractivity contribution in [2.45, 2.75) is 19.1 Å². The van der Waals surface area contributed by atoms with Crippen LogP contribution in [0.15, 0.2) is 0 Å². The number of alkyl halides is 1. The van der Waals surface area contributed by atoms with E-state index in [4.69, 9.17) is 16.3 Å². The third-order valence-corrected chi connectivity index (χ3v) is 2.73. The highest BCUT2D eigenvalue weighted by Crippen LogP contribution is 2.01. The molecule has 3 nitrogen and oxygen atoms in total. The minimum absolute atomic E-state index is 0.324. The van der Waals surface area contributed by atoms with Gasteiger partial charge >= 0.3 is 0 Å². The highest BCUT2D eigenvalue weighted by atomic mass is 35.5. The molecule has 1 rings (SSSR count). The molecule has 0 aromatic rings. The highest BCUT2D eigenvalue weighted by Gasteiger charge is 2.17. The summed E-state index contributed by atoms with van der Waals surface area (Å²) in [5, 5.41) is 3.34. The van der Waals surface area contributed by atoms with E-state index in [0.717, 1.165) is 26.2 Å². The van der Waals surface area contributed by atoms with Gasteiger partial charge in [-0.25, -0.2) is 0 Å². The topological polar surface area (TPSA) is 24.5 Å². The van der Waals surface area contributed by atoms with Crippen LogP contribution in [0.5, 0.6) is 0 Å². The highest BCUT2D eigenvalue weighted by molar-refractivity contribution is 6.18. The zero-order chi connectivity index (χ0) is 9.68. The SMILES string of the molecule is CC(CCl)NCC1CN(C)CCO1. The fourth-order valence-corrected chi connectivity index (χ4v) is 1.49. The molecule has 1 saturated heterocycles. The minimum Gasteiger partial charge on any atom is -0.374 e. The van der Waals surface area contributed by atoms with Crippen LogP contribution in [0.4, 0.5) is 0 Å². The Morgan fingerprint density at radius 3 is 3.08 bits per heavy atom. The number of likely N-dealkylation sites (N-methyl/N-ethyl adjacent to an activating group) is 1. The van der Waals surface area contributed by atoms with E-state index in [2.05, 4.69) is 24.2 Å². The van der Waals surface area contributed by atoms with Crippen LogP contribution in [-0.2, 0) is 4.74 Å². The van der Waals surface area contributed by atoms with E-state index in [1.807, 2.05) is 0 Å². The predicted molar refractivity (Wildman–Crippen MR) is 55.4 cm³/mol. The average molecular weight is 207 g/mol. The smallest absolute Gasteiger partial charge is 0.0826 e. The van der Waals surface area contributed by atoms with E-state index >= 15 is 0 Å². The van der Waals surface area contributed by atoms with E-state index in [9.17, 15) is 0 Å². The summed E-state index contributed by atoms with van der Waals surface area (Å²) in [5.74, 6) is 0.655. The van der Waals surface area contributed by atoms with Crippen LogP contribution < -0.4 is 5.32 Å². The summed E-state index contributed by atoms with van der Waals surface area (Å²) in [4.78, 5) is 2.29. The second-order valence-electron chi connectivity index (χ2n) is 3.72. The average Bonchev–Trinajstić information content (AvgIpc) is 2.14. The number of nitrogens with one attached hydrogen (secondary N) is 1. The Morgan fingerprint density at radius 2 is 2.46 bits per heavy atom. The lowest BCUT2D eigenvalue weighted by molar-refractivity contribution is -0.0188. The fraction of sp³-hybridized carbons (Fsp3) is 1.00. The number of hydrogen-bond donors (Lipinski definition) is 1. The molecule has 0 aromatic heterocycles. The van der Waals surface area contributed by atoms with Gasteiger partial charge in [0.2, 0.25) is 0 Å². The Morgan fingerprint density at radius 1 is 1.69 bits per heavy atom. The Balaban J connectivity index is 2.13. The van der Waals surface area contributed by atoms with E-state index in [0.29, 0.717) is 18.0 Å². The van der Waals surface area contributed by atoms with Crippen molar-refractivity contribution in [3.05, 3.63) is 0 Å². The zero-order valence-electron chi connectivity index (χ0n) is 8.42. The van der Waals surface area contributed by atoms with Crippen molar-refractivity contribution in [1.82, 2.24) is 10.2 Å². The molecule has 0 saturated carbocycles. The van der Waals surface area contributed by atoms with Crippen LogP contribution in [-0.4, -0.2) is 56.2 Å². The molecule has 4 heteroatoms. The van der Waals surface area contributed by atoms with Crippen molar-refractivity contribution >= 4 is 11.6 Å². The lowest BCUT2D eigenvalue weighted by atomic mass is 10.2. The maximum atomic E-state index is 5.68. The lowest BCUT2D eigenvalue weighted by Gasteiger charge is -2.30. The Kier molecular flexibility index (Phi) is 5.02. The van der Waals surface area contributed by atoms with Gasteiger partial charge in [0.05, 0.1) is 12.7 Å². The summed E-state index contributed by atoms with van der Waals surface area (Å²) in [7, 11) is 2.13. The van der Waals surface area contributed by atoms with Gasteiger partial charge in [0, 0.05) is 31.6 Å². The van der Waals surface area contributed by atoms with Gasteiger partial charge in [0.1, 0.15) is 0 Å². The summed E-state index contributed by atoms with van der Waals surface area (Å²) >= 11 is 5.68. The van der Waals surface area contributed by atoms with Gasteiger partial charge in [-0.3, -0.25) is 0 Å². The van der Waals surface area contributed by atoms with Gasteiger partial charge in [0.25, 0.3) is 0 Å². The molecule has 0 spiro atoms. The molecule has 1 aliphatic rings. The van der Waals surface area contributed by atoms with Crippen LogP contribution in [0.2, 0.25) is 0 Å². The predicted octanol–water partition coefficient (Wildman–Crippen LogP) is 0.534. The largest absolute Gasteiger partial charge is 0.374 e. The molecule has 0 bridgehead atoms. The van der Waals surface area contributed by atoms with Crippen LogP contribution in [0.3, 0.4) is 0 Å². The zero-order valence-corrected chi connectivity index (χ0v) is 9.18. The van der Waals surface area contributed by atoms with Crippen molar-refractivity contribution in [3.63, 3.8) is 0 Å². The standard InChI is InChI=1S/C9H19ClN2O/c1-8(5-10)11-6-9-7-12(2)3-4-13-9/h8-9,11H,3-7H2,1-2H3. The molecular weight excluding hydrogens is 188 g/mol. The van der Waals surface area contributed by atoms with Crippen LogP contribution in [0.25, 0.3) is 0 Å². The molecule has 2 atom stereocenters. The Labute approximate surface area is 85.4 Å². The molecule has 13 heavy (non-hydrogen) atoms. The Hall–Kier alpha value is 0.170. The maximum Gasteiger partial charge on any atom is 0.0826 e. The lowest BCUT2D eigenvalue weighted by Crippen LogP contribution is -2.46. The van der Waals surface area contributed by atoms with E-state index in [1.165, 1.54) is 0 Å². The van der Waals surface area contributed by atoms with Crippen LogP contribution in [0.1, 0.15) is 6.92 Å². The molecule has 1 aliphatic heterocycles. The van der Waals surface area contributed by atoms with Gasteiger partial charge in [-0.1, -0.05) is 0 Å². The van der Waals surface area contributed by atoms with Crippen molar-refractivity contribution in [1.29, 1.82) is 0 Å². The molecule has 0 radical (unpaired) electrons. The number of halogens is 1. The first-order chi connectivity index (χ1) is 6.22. The first-order valence-corrected chi connectivity index (χ1v) is 5.35. The molecule has 0 amide bonds. The summed E-state index contributed by atoms with van der Waals surface area (Å²) in [6, 6.07) is 0.373. The third kappa shape index (κ3) is 4.27. The van der Waals surface area contributed by atoms with Gasteiger partial charge in [-0.15, -0.1) is 11.6 Å². The first-order valence-electron chi connectivity index (χ1n) is 4.82. The molecule has 1 heterocycles. The fourth-order valence-electron chi connectivity index (χ4n) is 1.38. The molecule has 0 aromatic carbocycles. The minimum atomic E-state index is 0.324. The van der Waals surface area contributed by atoms with E-state index in [1.54, 1.807) is 0 Å². The number of morpholine rings is 1. The van der Waals surface area contributed by atoms with Gasteiger partial charge in [-0.2, -0.15) is 0 Å². The second kappa shape index (κ2) is 5.81. The van der Waals surface area contributed by atoms with Crippen molar-refractivity contribution in [2.24, 2.45) is 0 Å². The molecule has 1 fully saturated rings. The summed E-state index contributed by atoms with van der Waals surface area (Å²) < 4.78 is 5.60. The van der Waals surface area contributed by atoms with Gasteiger partial charge in [-0.05, 0) is 14.0 Å². The summed E-state index contributed by atoms with van der Waals surface area (Å²) in [5.41, 5.74) is 0. The van der Waals surface area contributed by atoms with Crippen molar-refractivity contribution in [2.75, 3.05) is 39.2 Å². The molecule has 1 N–H and O–H groups in total. The molecular formula is C9H19ClN2O. The number of rotatable bonds is 4. The molecule has 2 unspecified atom stereocenters. The van der Waals surface area contributed by atoms with Crippen molar-refractivity contribution in [3.8, 4) is 0 Å². The first kappa shape index (κ1) is 11.2. The Bertz CT molecular complexity index is 146. The summed E-state index contributed by atoms with van der Waals surface area (Å²) in [6.07, 6.45) is 0.324. The molecule has 0 aliphatic carbocycles. The number of nitrogens with zero attached hydrogens (tertiary/aromatic N) is 1. The van der Waals surface area contributed by atoms with Gasteiger partial charge in [0.15, 0.2) is 0 Å². The second-order valence-corrected chi connectivity index (χ2v) is 4.03. The van der Waals surface area contributed by atoms with Gasteiger partial charge < -0.3 is 15.0 Å². The maximum absolute atomic E-state index is 5.68. The number of ether oxygens (including phenoxy) is 1. The van der Waals surface area contributed by atoms with Crippen LogP contribution >= 0.6 is 11.6 Å². The van der Waals surface area contributed by atoms with E-state index < -0.39 is 0 Å². The molecule has 78 valence electrons. The third-order valence-electron chi connectivity index (χ3n) is 2.27. The monoisotopic (exact) mass is 206 g/mol. The quantitative estimate of drug-likeness (QED) is 0.680. The normalized spacial score (nSPS) is 27.5. The van der Waals surface area contributed by atoms with E-state index in [-0.39, 0.29) is 0 Å². The summed E-state index contributed by atoms with van der Waals surface area (Å²) in [6.45, 7) is 5.89. The van der Waals surface area contributed by atoms with Crippen LogP contribution in [0, 0.1) is 0 Å². The van der Waals surface area contributed by atoms with Crippen molar-refractivity contribution < 1.29 is 4.74 Å². The number of hydrogen-bond acceptors (Lipinski definition) is 3.